The normalized spacial score (nSPS) is 21.5. The number of likely N-dealkylation sites (N-methyl/N-ethyl adjacent to an activating group) is 1. The fourth-order valence-electron chi connectivity index (χ4n) is 2.67. The number of piperazine rings is 1. The smallest absolute Gasteiger partial charge is 0.123 e. The molecule has 1 aromatic carbocycles. The summed E-state index contributed by atoms with van der Waals surface area (Å²) in [5.74, 6) is -0.185. The van der Waals surface area contributed by atoms with Gasteiger partial charge in [-0.1, -0.05) is 6.92 Å². The highest BCUT2D eigenvalue weighted by Crippen LogP contribution is 2.10. The van der Waals surface area contributed by atoms with Crippen molar-refractivity contribution in [2.45, 2.75) is 19.9 Å². The predicted molar refractivity (Wildman–Crippen MR) is 78.0 cm³/mol. The monoisotopic (exact) mass is 265 g/mol. The van der Waals surface area contributed by atoms with Crippen molar-refractivity contribution in [2.24, 2.45) is 0 Å². The average Bonchev–Trinajstić information content (AvgIpc) is 2.41. The largest absolute Gasteiger partial charge is 0.384 e. The van der Waals surface area contributed by atoms with Crippen LogP contribution in [-0.4, -0.2) is 55.1 Å². The fraction of sp³-hybridized carbons (Fsp3) is 0.600. The summed E-state index contributed by atoms with van der Waals surface area (Å²) in [6.07, 6.45) is 0. The maximum absolute atomic E-state index is 12.8. The molecular weight excluding hydrogens is 241 g/mol. The Kier molecular flexibility index (Phi) is 5.16. The number of rotatable bonds is 5. The number of benzene rings is 1. The number of hydrogen-bond donors (Lipinski definition) is 1. The van der Waals surface area contributed by atoms with Gasteiger partial charge in [0.25, 0.3) is 0 Å². The highest BCUT2D eigenvalue weighted by molar-refractivity contribution is 5.42. The lowest BCUT2D eigenvalue weighted by molar-refractivity contribution is 0.0910. The maximum atomic E-state index is 12.8. The molecule has 19 heavy (non-hydrogen) atoms. The summed E-state index contributed by atoms with van der Waals surface area (Å²) in [4.78, 5) is 5.01. The summed E-state index contributed by atoms with van der Waals surface area (Å²) in [6, 6.07) is 7.19. The Labute approximate surface area is 115 Å². The molecule has 2 rings (SSSR count). The molecule has 3 nitrogen and oxygen atoms in total. The average molecular weight is 265 g/mol. The van der Waals surface area contributed by atoms with Crippen molar-refractivity contribution >= 4 is 5.69 Å². The van der Waals surface area contributed by atoms with Gasteiger partial charge in [0.2, 0.25) is 0 Å². The molecule has 0 aromatic heterocycles. The van der Waals surface area contributed by atoms with Gasteiger partial charge in [-0.05, 0) is 37.7 Å². The lowest BCUT2D eigenvalue weighted by atomic mass is 10.2. The Morgan fingerprint density at radius 2 is 2.00 bits per heavy atom. The Hall–Kier alpha value is -1.13. The van der Waals surface area contributed by atoms with E-state index in [2.05, 4.69) is 29.0 Å². The third-order valence-corrected chi connectivity index (χ3v) is 3.86. The number of hydrogen-bond acceptors (Lipinski definition) is 3. The predicted octanol–water partition coefficient (Wildman–Crippen LogP) is 2.26. The van der Waals surface area contributed by atoms with Gasteiger partial charge in [-0.25, -0.2) is 4.39 Å². The van der Waals surface area contributed by atoms with E-state index < -0.39 is 0 Å². The van der Waals surface area contributed by atoms with Gasteiger partial charge in [0, 0.05) is 44.5 Å². The molecule has 1 heterocycles. The first kappa shape index (κ1) is 14.3. The van der Waals surface area contributed by atoms with Gasteiger partial charge in [0.15, 0.2) is 0 Å². The van der Waals surface area contributed by atoms with Gasteiger partial charge in [-0.2, -0.15) is 0 Å². The van der Waals surface area contributed by atoms with Gasteiger partial charge < -0.3 is 5.32 Å². The molecule has 4 heteroatoms. The van der Waals surface area contributed by atoms with Crippen molar-refractivity contribution in [3.8, 4) is 0 Å². The molecule has 1 aliphatic rings. The lowest BCUT2D eigenvalue weighted by Crippen LogP contribution is -2.52. The quantitative estimate of drug-likeness (QED) is 0.881. The van der Waals surface area contributed by atoms with Crippen LogP contribution in [0, 0.1) is 5.82 Å². The zero-order valence-electron chi connectivity index (χ0n) is 11.9. The maximum Gasteiger partial charge on any atom is 0.123 e. The molecule has 0 amide bonds. The van der Waals surface area contributed by atoms with Gasteiger partial charge in [-0.15, -0.1) is 0 Å². The second-order valence-electron chi connectivity index (χ2n) is 5.21. The van der Waals surface area contributed by atoms with Crippen molar-refractivity contribution in [2.75, 3.05) is 44.6 Å². The zero-order valence-corrected chi connectivity index (χ0v) is 11.9. The van der Waals surface area contributed by atoms with Crippen LogP contribution in [0.2, 0.25) is 0 Å². The van der Waals surface area contributed by atoms with E-state index in [1.165, 1.54) is 12.1 Å². The molecule has 1 fully saturated rings. The van der Waals surface area contributed by atoms with Crippen LogP contribution in [0.25, 0.3) is 0 Å². The standard InChI is InChI=1S/C15H24FN3/c1-3-19-11-10-18(12-13(19)2)9-8-17-15-6-4-14(16)5-7-15/h4-7,13,17H,3,8-12H2,1-2H3. The molecule has 1 aliphatic heterocycles. The van der Waals surface area contributed by atoms with E-state index in [1.807, 2.05) is 0 Å². The van der Waals surface area contributed by atoms with Gasteiger partial charge in [0.05, 0.1) is 0 Å². The molecular formula is C15H24FN3. The van der Waals surface area contributed by atoms with Crippen LogP contribution in [0.4, 0.5) is 10.1 Å². The molecule has 0 bridgehead atoms. The second kappa shape index (κ2) is 6.87. The minimum absolute atomic E-state index is 0.185. The zero-order chi connectivity index (χ0) is 13.7. The third kappa shape index (κ3) is 4.18. The van der Waals surface area contributed by atoms with Crippen molar-refractivity contribution in [1.29, 1.82) is 0 Å². The van der Waals surface area contributed by atoms with Gasteiger partial charge in [-0.3, -0.25) is 9.80 Å². The molecule has 1 atom stereocenters. The molecule has 0 spiro atoms. The van der Waals surface area contributed by atoms with E-state index in [-0.39, 0.29) is 5.82 Å². The van der Waals surface area contributed by atoms with Crippen LogP contribution in [0.5, 0.6) is 0 Å². The van der Waals surface area contributed by atoms with Crippen LogP contribution < -0.4 is 5.32 Å². The topological polar surface area (TPSA) is 18.5 Å². The number of halogens is 1. The van der Waals surface area contributed by atoms with E-state index in [0.29, 0.717) is 6.04 Å². The highest BCUT2D eigenvalue weighted by Gasteiger charge is 2.21. The molecule has 106 valence electrons. The molecule has 0 saturated carbocycles. The SMILES string of the molecule is CCN1CCN(CCNc2ccc(F)cc2)CC1C. The van der Waals surface area contributed by atoms with Crippen LogP contribution in [0.15, 0.2) is 24.3 Å². The molecule has 1 saturated heterocycles. The summed E-state index contributed by atoms with van der Waals surface area (Å²) in [6.45, 7) is 11.0. The van der Waals surface area contributed by atoms with Crippen molar-refractivity contribution < 1.29 is 4.39 Å². The van der Waals surface area contributed by atoms with E-state index >= 15 is 0 Å². The molecule has 1 aromatic rings. The highest BCUT2D eigenvalue weighted by atomic mass is 19.1. The first-order valence-electron chi connectivity index (χ1n) is 7.15. The van der Waals surface area contributed by atoms with E-state index in [4.69, 9.17) is 0 Å². The number of anilines is 1. The molecule has 0 aliphatic carbocycles. The van der Waals surface area contributed by atoms with Crippen molar-refractivity contribution in [3.63, 3.8) is 0 Å². The van der Waals surface area contributed by atoms with Crippen LogP contribution in [-0.2, 0) is 0 Å². The summed E-state index contributed by atoms with van der Waals surface area (Å²) < 4.78 is 12.8. The van der Waals surface area contributed by atoms with Crippen LogP contribution >= 0.6 is 0 Å². The van der Waals surface area contributed by atoms with E-state index in [0.717, 1.165) is 45.0 Å². The van der Waals surface area contributed by atoms with E-state index in [1.54, 1.807) is 12.1 Å². The summed E-state index contributed by atoms with van der Waals surface area (Å²) in [5, 5.41) is 3.34. The molecule has 1 unspecified atom stereocenters. The number of nitrogens with one attached hydrogen (secondary N) is 1. The molecule has 0 radical (unpaired) electrons. The number of nitrogens with zero attached hydrogens (tertiary/aromatic N) is 2. The molecule has 1 N–H and O–H groups in total. The lowest BCUT2D eigenvalue weighted by Gasteiger charge is -2.39. The summed E-state index contributed by atoms with van der Waals surface area (Å²) >= 11 is 0. The Balaban J connectivity index is 1.70. The third-order valence-electron chi connectivity index (χ3n) is 3.86. The van der Waals surface area contributed by atoms with Gasteiger partial charge >= 0.3 is 0 Å². The van der Waals surface area contributed by atoms with E-state index in [9.17, 15) is 4.39 Å². The Bertz CT molecular complexity index is 379. The Morgan fingerprint density at radius 1 is 1.26 bits per heavy atom. The van der Waals surface area contributed by atoms with Crippen molar-refractivity contribution in [3.05, 3.63) is 30.1 Å². The minimum atomic E-state index is -0.185. The van der Waals surface area contributed by atoms with Crippen LogP contribution in [0.1, 0.15) is 13.8 Å². The first-order chi connectivity index (χ1) is 9.19. The second-order valence-corrected chi connectivity index (χ2v) is 5.21. The minimum Gasteiger partial charge on any atom is -0.384 e. The summed E-state index contributed by atoms with van der Waals surface area (Å²) in [7, 11) is 0. The van der Waals surface area contributed by atoms with Crippen LogP contribution in [0.3, 0.4) is 0 Å². The first-order valence-corrected chi connectivity index (χ1v) is 7.15. The summed E-state index contributed by atoms with van der Waals surface area (Å²) in [5.41, 5.74) is 0.988. The van der Waals surface area contributed by atoms with Gasteiger partial charge in [0.1, 0.15) is 5.82 Å². The Morgan fingerprint density at radius 3 is 2.63 bits per heavy atom. The van der Waals surface area contributed by atoms with Crippen molar-refractivity contribution in [1.82, 2.24) is 9.80 Å². The fourth-order valence-corrected chi connectivity index (χ4v) is 2.67.